The first-order valence-corrected chi connectivity index (χ1v) is 9.59. The molecule has 4 nitrogen and oxygen atoms in total. The lowest BCUT2D eigenvalue weighted by Crippen LogP contribution is -2.13. The van der Waals surface area contributed by atoms with E-state index in [9.17, 15) is 4.79 Å². The standard InChI is InChI=1S/C21H23N3OS/c1-17-2-4-18(5-3-17)6-9-21(14-24-13-12-22-15-24)26-20-10-7-19(8-11-20)23-16-25/h2-5,7-8,10-13,15-16,21H,6,9,14H2,1H3,(H,23,25). The van der Waals surface area contributed by atoms with Crippen molar-refractivity contribution in [2.24, 2.45) is 0 Å². The van der Waals surface area contributed by atoms with Gasteiger partial charge in [-0.1, -0.05) is 29.8 Å². The summed E-state index contributed by atoms with van der Waals surface area (Å²) < 4.78 is 2.13. The molecule has 1 amide bonds. The Labute approximate surface area is 158 Å². The second-order valence-electron chi connectivity index (χ2n) is 6.31. The van der Waals surface area contributed by atoms with Crippen LogP contribution in [0.25, 0.3) is 0 Å². The van der Waals surface area contributed by atoms with Gasteiger partial charge in [-0.15, -0.1) is 11.8 Å². The van der Waals surface area contributed by atoms with Gasteiger partial charge in [0.1, 0.15) is 0 Å². The van der Waals surface area contributed by atoms with Crippen LogP contribution in [0.4, 0.5) is 5.69 Å². The Kier molecular flexibility index (Phi) is 6.50. The van der Waals surface area contributed by atoms with Gasteiger partial charge >= 0.3 is 0 Å². The number of aromatic nitrogens is 2. The minimum Gasteiger partial charge on any atom is -0.336 e. The molecule has 0 spiro atoms. The van der Waals surface area contributed by atoms with E-state index in [1.54, 1.807) is 0 Å². The molecule has 1 heterocycles. The minimum absolute atomic E-state index is 0.440. The number of carbonyl (C=O) groups is 1. The number of imidazole rings is 1. The van der Waals surface area contributed by atoms with Gasteiger partial charge in [-0.2, -0.15) is 0 Å². The van der Waals surface area contributed by atoms with Crippen LogP contribution in [0.1, 0.15) is 17.5 Å². The summed E-state index contributed by atoms with van der Waals surface area (Å²) in [5.41, 5.74) is 3.48. The Bertz CT molecular complexity index is 798. The quantitative estimate of drug-likeness (QED) is 0.447. The summed E-state index contributed by atoms with van der Waals surface area (Å²) in [6.45, 7) is 3.04. The molecular formula is C21H23N3OS. The number of nitrogens with one attached hydrogen (secondary N) is 1. The minimum atomic E-state index is 0.440. The van der Waals surface area contributed by atoms with Gasteiger partial charge < -0.3 is 9.88 Å². The second-order valence-corrected chi connectivity index (χ2v) is 7.68. The predicted molar refractivity (Wildman–Crippen MR) is 108 cm³/mol. The molecule has 0 bridgehead atoms. The highest BCUT2D eigenvalue weighted by Crippen LogP contribution is 2.29. The maximum absolute atomic E-state index is 10.5. The average Bonchev–Trinajstić information content (AvgIpc) is 3.16. The molecule has 0 aliphatic heterocycles. The summed E-state index contributed by atoms with van der Waals surface area (Å²) in [6.07, 6.45) is 8.54. The fraction of sp³-hybridized carbons (Fsp3) is 0.238. The number of hydrogen-bond acceptors (Lipinski definition) is 3. The first kappa shape index (κ1) is 18.3. The van der Waals surface area contributed by atoms with Crippen molar-refractivity contribution in [3.05, 3.63) is 78.4 Å². The fourth-order valence-corrected chi connectivity index (χ4v) is 3.95. The number of aryl methyl sites for hydroxylation is 2. The molecule has 3 aromatic rings. The zero-order valence-corrected chi connectivity index (χ0v) is 15.7. The van der Waals surface area contributed by atoms with Crippen LogP contribution in [0.5, 0.6) is 0 Å². The van der Waals surface area contributed by atoms with Crippen LogP contribution in [0.3, 0.4) is 0 Å². The topological polar surface area (TPSA) is 46.9 Å². The van der Waals surface area contributed by atoms with E-state index in [4.69, 9.17) is 0 Å². The average molecular weight is 366 g/mol. The van der Waals surface area contributed by atoms with E-state index in [2.05, 4.69) is 58.2 Å². The Balaban J connectivity index is 1.65. The third-order valence-corrected chi connectivity index (χ3v) is 5.49. The number of hydrogen-bond donors (Lipinski definition) is 1. The molecule has 0 saturated carbocycles. The largest absolute Gasteiger partial charge is 0.336 e. The molecule has 1 N–H and O–H groups in total. The number of anilines is 1. The molecule has 0 fully saturated rings. The van der Waals surface area contributed by atoms with Crippen molar-refractivity contribution in [2.75, 3.05) is 5.32 Å². The van der Waals surface area contributed by atoms with Crippen LogP contribution in [-0.2, 0) is 17.8 Å². The number of benzene rings is 2. The second kappa shape index (κ2) is 9.25. The van der Waals surface area contributed by atoms with E-state index in [-0.39, 0.29) is 0 Å². The van der Waals surface area contributed by atoms with Crippen molar-refractivity contribution >= 4 is 23.9 Å². The third-order valence-electron chi connectivity index (χ3n) is 4.23. The molecule has 1 aromatic heterocycles. The first-order valence-electron chi connectivity index (χ1n) is 8.71. The van der Waals surface area contributed by atoms with E-state index >= 15 is 0 Å². The van der Waals surface area contributed by atoms with Gasteiger partial charge in [0.25, 0.3) is 0 Å². The van der Waals surface area contributed by atoms with E-state index in [0.29, 0.717) is 11.7 Å². The van der Waals surface area contributed by atoms with Crippen LogP contribution >= 0.6 is 11.8 Å². The SMILES string of the molecule is Cc1ccc(CCC(Cn2ccnc2)Sc2ccc(NC=O)cc2)cc1. The summed E-state index contributed by atoms with van der Waals surface area (Å²) in [6, 6.07) is 16.8. The van der Waals surface area contributed by atoms with Gasteiger partial charge in [0.05, 0.1) is 6.33 Å². The molecule has 0 radical (unpaired) electrons. The van der Waals surface area contributed by atoms with Gasteiger partial charge in [0.15, 0.2) is 0 Å². The zero-order chi connectivity index (χ0) is 18.2. The van der Waals surface area contributed by atoms with Gasteiger partial charge in [-0.25, -0.2) is 4.98 Å². The molecule has 134 valence electrons. The van der Waals surface area contributed by atoms with E-state index in [1.165, 1.54) is 16.0 Å². The zero-order valence-electron chi connectivity index (χ0n) is 14.8. The van der Waals surface area contributed by atoms with Gasteiger partial charge in [0.2, 0.25) is 6.41 Å². The molecule has 26 heavy (non-hydrogen) atoms. The lowest BCUT2D eigenvalue weighted by atomic mass is 10.1. The summed E-state index contributed by atoms with van der Waals surface area (Å²) >= 11 is 1.87. The number of nitrogens with zero attached hydrogens (tertiary/aromatic N) is 2. The van der Waals surface area contributed by atoms with E-state index in [1.807, 2.05) is 42.6 Å². The van der Waals surface area contributed by atoms with E-state index in [0.717, 1.165) is 25.1 Å². The number of thioether (sulfide) groups is 1. The Morgan fingerprint density at radius 3 is 2.58 bits per heavy atom. The Hall–Kier alpha value is -2.53. The number of rotatable bonds is 9. The van der Waals surface area contributed by atoms with Crippen molar-refractivity contribution < 1.29 is 4.79 Å². The highest BCUT2D eigenvalue weighted by molar-refractivity contribution is 8.00. The maximum atomic E-state index is 10.5. The molecule has 0 aliphatic rings. The lowest BCUT2D eigenvalue weighted by Gasteiger charge is -2.17. The Morgan fingerprint density at radius 2 is 1.92 bits per heavy atom. The number of carbonyl (C=O) groups excluding carboxylic acids is 1. The monoisotopic (exact) mass is 365 g/mol. The molecule has 2 aromatic carbocycles. The summed E-state index contributed by atoms with van der Waals surface area (Å²) in [4.78, 5) is 15.9. The van der Waals surface area contributed by atoms with Crippen LogP contribution in [0.2, 0.25) is 0 Å². The van der Waals surface area contributed by atoms with Crippen molar-refractivity contribution in [1.29, 1.82) is 0 Å². The van der Waals surface area contributed by atoms with Crippen molar-refractivity contribution in [3.63, 3.8) is 0 Å². The molecular weight excluding hydrogens is 342 g/mol. The highest BCUT2D eigenvalue weighted by atomic mass is 32.2. The molecule has 1 atom stereocenters. The fourth-order valence-electron chi connectivity index (χ4n) is 2.79. The normalized spacial score (nSPS) is 11.9. The van der Waals surface area contributed by atoms with Crippen molar-refractivity contribution in [2.45, 2.75) is 36.5 Å². The van der Waals surface area contributed by atoms with Crippen LogP contribution in [-0.4, -0.2) is 21.2 Å². The first-order chi connectivity index (χ1) is 12.7. The smallest absolute Gasteiger partial charge is 0.211 e. The maximum Gasteiger partial charge on any atom is 0.211 e. The van der Waals surface area contributed by atoms with Crippen LogP contribution in [0, 0.1) is 6.92 Å². The van der Waals surface area contributed by atoms with Crippen molar-refractivity contribution in [1.82, 2.24) is 9.55 Å². The third kappa shape index (κ3) is 5.49. The van der Waals surface area contributed by atoms with E-state index < -0.39 is 0 Å². The summed E-state index contributed by atoms with van der Waals surface area (Å²) in [7, 11) is 0. The summed E-state index contributed by atoms with van der Waals surface area (Å²) in [5, 5.41) is 3.11. The Morgan fingerprint density at radius 1 is 1.15 bits per heavy atom. The van der Waals surface area contributed by atoms with Crippen molar-refractivity contribution in [3.8, 4) is 0 Å². The molecule has 0 saturated heterocycles. The van der Waals surface area contributed by atoms with Crippen LogP contribution < -0.4 is 5.32 Å². The molecule has 5 heteroatoms. The van der Waals surface area contributed by atoms with Gasteiger partial charge in [-0.3, -0.25) is 4.79 Å². The summed E-state index contributed by atoms with van der Waals surface area (Å²) in [5.74, 6) is 0. The molecule has 1 unspecified atom stereocenters. The molecule has 0 aliphatic carbocycles. The molecule has 3 rings (SSSR count). The lowest BCUT2D eigenvalue weighted by molar-refractivity contribution is -0.105. The number of amides is 1. The van der Waals surface area contributed by atoms with Gasteiger partial charge in [-0.05, 0) is 49.6 Å². The highest BCUT2D eigenvalue weighted by Gasteiger charge is 2.12. The van der Waals surface area contributed by atoms with Crippen LogP contribution in [0.15, 0.2) is 72.1 Å². The predicted octanol–water partition coefficient (Wildman–Crippen LogP) is 4.55. The van der Waals surface area contributed by atoms with Gasteiger partial charge in [0, 0.05) is 34.8 Å².